The summed E-state index contributed by atoms with van der Waals surface area (Å²) in [6.07, 6.45) is 1.73. The van der Waals surface area contributed by atoms with E-state index in [2.05, 4.69) is 16.0 Å². The van der Waals surface area contributed by atoms with E-state index >= 15 is 0 Å². The van der Waals surface area contributed by atoms with Crippen LogP contribution in [0.3, 0.4) is 0 Å². The predicted molar refractivity (Wildman–Crippen MR) is 104 cm³/mol. The number of hydrogen-bond acceptors (Lipinski definition) is 4. The summed E-state index contributed by atoms with van der Waals surface area (Å²) in [5.41, 5.74) is -0.913. The monoisotopic (exact) mass is 406 g/mol. The van der Waals surface area contributed by atoms with E-state index in [1.165, 1.54) is 24.3 Å². The Labute approximate surface area is 169 Å². The van der Waals surface area contributed by atoms with Gasteiger partial charge in [-0.2, -0.15) is 0 Å². The molecular formula is C20H27FN4O4. The first kappa shape index (κ1) is 22.3. The molecule has 1 aromatic rings. The van der Waals surface area contributed by atoms with Gasteiger partial charge in [-0.3, -0.25) is 19.8 Å². The lowest BCUT2D eigenvalue weighted by Gasteiger charge is -2.27. The van der Waals surface area contributed by atoms with Gasteiger partial charge < -0.3 is 10.6 Å². The summed E-state index contributed by atoms with van der Waals surface area (Å²) in [7, 11) is 0. The first-order valence-electron chi connectivity index (χ1n) is 9.67. The Hall–Kier alpha value is -2.97. The van der Waals surface area contributed by atoms with Gasteiger partial charge in [-0.25, -0.2) is 14.0 Å². The quantitative estimate of drug-likeness (QED) is 0.576. The lowest BCUT2D eigenvalue weighted by molar-refractivity contribution is -0.135. The number of hydrogen-bond donors (Lipinski definition) is 3. The average molecular weight is 406 g/mol. The van der Waals surface area contributed by atoms with E-state index in [1.807, 2.05) is 20.8 Å². The zero-order valence-electron chi connectivity index (χ0n) is 16.9. The van der Waals surface area contributed by atoms with Crippen molar-refractivity contribution in [2.45, 2.75) is 45.6 Å². The Balaban J connectivity index is 2.15. The predicted octanol–water partition coefficient (Wildman–Crippen LogP) is 2.24. The highest BCUT2D eigenvalue weighted by molar-refractivity contribution is 6.10. The third-order valence-electron chi connectivity index (χ3n) is 4.64. The van der Waals surface area contributed by atoms with Crippen LogP contribution in [-0.4, -0.2) is 41.9 Å². The number of rotatable bonds is 8. The highest BCUT2D eigenvalue weighted by atomic mass is 19.1. The molecule has 29 heavy (non-hydrogen) atoms. The first-order chi connectivity index (χ1) is 13.7. The maximum atomic E-state index is 13.3. The zero-order chi connectivity index (χ0) is 21.6. The molecule has 158 valence electrons. The second-order valence-electron chi connectivity index (χ2n) is 7.49. The van der Waals surface area contributed by atoms with Crippen molar-refractivity contribution in [3.63, 3.8) is 0 Å². The Kier molecular flexibility index (Phi) is 7.30. The molecule has 0 aliphatic carbocycles. The minimum absolute atomic E-state index is 0.205. The second kappa shape index (κ2) is 9.49. The second-order valence-corrected chi connectivity index (χ2v) is 7.49. The standard InChI is InChI=1S/C20H27FN4O4/c1-4-5-10-20(14-6-8-15(21)9-7-14)17(27)25(19(29)24-20)12-16(26)23-18(28)22-11-13(2)3/h6-9,13H,4-5,10-12H2,1-3H3,(H,24,29)(H2,22,23,26,28)/t20-/m0/s1. The number of halogens is 1. The Bertz CT molecular complexity index is 781. The van der Waals surface area contributed by atoms with Crippen molar-refractivity contribution >= 4 is 23.9 Å². The van der Waals surface area contributed by atoms with Gasteiger partial charge in [0.15, 0.2) is 0 Å². The number of benzene rings is 1. The molecule has 9 heteroatoms. The first-order valence-corrected chi connectivity index (χ1v) is 9.67. The van der Waals surface area contributed by atoms with Crippen LogP contribution in [0.4, 0.5) is 14.0 Å². The van der Waals surface area contributed by atoms with Gasteiger partial charge in [0.2, 0.25) is 5.91 Å². The van der Waals surface area contributed by atoms with E-state index < -0.39 is 41.8 Å². The third-order valence-corrected chi connectivity index (χ3v) is 4.64. The molecule has 1 aliphatic rings. The van der Waals surface area contributed by atoms with Crippen LogP contribution in [0.15, 0.2) is 24.3 Å². The summed E-state index contributed by atoms with van der Waals surface area (Å²) in [6, 6.07) is 3.92. The highest BCUT2D eigenvalue weighted by Gasteiger charge is 2.52. The van der Waals surface area contributed by atoms with E-state index in [9.17, 15) is 23.6 Å². The lowest BCUT2D eigenvalue weighted by Crippen LogP contribution is -2.47. The lowest BCUT2D eigenvalue weighted by atomic mass is 9.85. The van der Waals surface area contributed by atoms with Crippen LogP contribution >= 0.6 is 0 Å². The molecule has 0 unspecified atom stereocenters. The molecule has 1 aliphatic heterocycles. The van der Waals surface area contributed by atoms with Gasteiger partial charge in [0.25, 0.3) is 5.91 Å². The van der Waals surface area contributed by atoms with Crippen LogP contribution in [0.2, 0.25) is 0 Å². The van der Waals surface area contributed by atoms with Crippen LogP contribution in [0.1, 0.15) is 45.6 Å². The number of carbonyl (C=O) groups excluding carboxylic acids is 4. The fourth-order valence-corrected chi connectivity index (χ4v) is 3.11. The largest absolute Gasteiger partial charge is 0.338 e. The minimum Gasteiger partial charge on any atom is -0.338 e. The van der Waals surface area contributed by atoms with Gasteiger partial charge in [0.1, 0.15) is 17.9 Å². The van der Waals surface area contributed by atoms with Crippen molar-refractivity contribution < 1.29 is 23.6 Å². The molecule has 1 aromatic carbocycles. The maximum Gasteiger partial charge on any atom is 0.325 e. The van der Waals surface area contributed by atoms with Gasteiger partial charge in [0, 0.05) is 6.54 Å². The molecule has 0 bridgehead atoms. The number of carbonyl (C=O) groups is 4. The number of unbranched alkanes of at least 4 members (excludes halogenated alkanes) is 1. The van der Waals surface area contributed by atoms with Crippen molar-refractivity contribution in [2.75, 3.05) is 13.1 Å². The van der Waals surface area contributed by atoms with Crippen molar-refractivity contribution in [3.8, 4) is 0 Å². The summed E-state index contributed by atoms with van der Waals surface area (Å²) >= 11 is 0. The molecule has 1 heterocycles. The smallest absolute Gasteiger partial charge is 0.325 e. The Morgan fingerprint density at radius 2 is 1.86 bits per heavy atom. The SMILES string of the molecule is CCCC[C@@]1(c2ccc(F)cc2)NC(=O)N(CC(=O)NC(=O)NCC(C)C)C1=O. The molecule has 1 fully saturated rings. The van der Waals surface area contributed by atoms with E-state index in [1.54, 1.807) is 0 Å². The van der Waals surface area contributed by atoms with Gasteiger partial charge in [0.05, 0.1) is 0 Å². The molecule has 0 saturated carbocycles. The molecule has 8 nitrogen and oxygen atoms in total. The molecule has 1 atom stereocenters. The molecule has 6 amide bonds. The number of amides is 6. The highest BCUT2D eigenvalue weighted by Crippen LogP contribution is 2.34. The number of nitrogens with zero attached hydrogens (tertiary/aromatic N) is 1. The van der Waals surface area contributed by atoms with Crippen molar-refractivity contribution in [1.29, 1.82) is 0 Å². The molecule has 2 rings (SSSR count). The summed E-state index contributed by atoms with van der Waals surface area (Å²) < 4.78 is 13.3. The van der Waals surface area contributed by atoms with Gasteiger partial charge in [-0.05, 0) is 30.0 Å². The third kappa shape index (κ3) is 5.30. The minimum atomic E-state index is -1.36. The number of nitrogens with one attached hydrogen (secondary N) is 3. The molecule has 0 radical (unpaired) electrons. The van der Waals surface area contributed by atoms with E-state index in [4.69, 9.17) is 0 Å². The average Bonchev–Trinajstić information content (AvgIpc) is 2.90. The van der Waals surface area contributed by atoms with Crippen molar-refractivity contribution in [3.05, 3.63) is 35.6 Å². The fourth-order valence-electron chi connectivity index (χ4n) is 3.11. The topological polar surface area (TPSA) is 108 Å². The van der Waals surface area contributed by atoms with Gasteiger partial charge in [-0.1, -0.05) is 45.7 Å². The van der Waals surface area contributed by atoms with Gasteiger partial charge in [-0.15, -0.1) is 0 Å². The van der Waals surface area contributed by atoms with Crippen molar-refractivity contribution in [1.82, 2.24) is 20.9 Å². The summed E-state index contributed by atoms with van der Waals surface area (Å²) in [5, 5.41) is 7.30. The molecule has 0 spiro atoms. The molecule has 0 aromatic heterocycles. The van der Waals surface area contributed by atoms with Crippen LogP contribution in [0.25, 0.3) is 0 Å². The fraction of sp³-hybridized carbons (Fsp3) is 0.500. The molecule has 3 N–H and O–H groups in total. The van der Waals surface area contributed by atoms with E-state index in [0.717, 1.165) is 11.3 Å². The van der Waals surface area contributed by atoms with E-state index in [-0.39, 0.29) is 5.92 Å². The summed E-state index contributed by atoms with van der Waals surface area (Å²) in [5.74, 6) is -1.63. The van der Waals surface area contributed by atoms with Gasteiger partial charge >= 0.3 is 12.1 Å². The van der Waals surface area contributed by atoms with Crippen LogP contribution in [0, 0.1) is 11.7 Å². The maximum absolute atomic E-state index is 13.3. The van der Waals surface area contributed by atoms with Crippen LogP contribution in [-0.2, 0) is 15.1 Å². The van der Waals surface area contributed by atoms with Crippen molar-refractivity contribution in [2.24, 2.45) is 5.92 Å². The number of imide groups is 2. The van der Waals surface area contributed by atoms with Crippen LogP contribution in [0.5, 0.6) is 0 Å². The number of urea groups is 2. The molecular weight excluding hydrogens is 379 g/mol. The Morgan fingerprint density at radius 3 is 2.45 bits per heavy atom. The zero-order valence-corrected chi connectivity index (χ0v) is 16.9. The van der Waals surface area contributed by atoms with Crippen LogP contribution < -0.4 is 16.0 Å². The molecule has 1 saturated heterocycles. The summed E-state index contributed by atoms with van der Waals surface area (Å²) in [6.45, 7) is 5.55. The normalized spacial score (nSPS) is 18.7. The summed E-state index contributed by atoms with van der Waals surface area (Å²) in [4.78, 5) is 50.3. The Morgan fingerprint density at radius 1 is 1.21 bits per heavy atom. The van der Waals surface area contributed by atoms with E-state index in [0.29, 0.717) is 24.9 Å².